The smallest absolute Gasteiger partial charge is 0.320 e. The van der Waals surface area contributed by atoms with Crippen LogP contribution in [0.2, 0.25) is 5.02 Å². The minimum atomic E-state index is -0.799. The van der Waals surface area contributed by atoms with E-state index in [-0.39, 0.29) is 5.41 Å². The molecule has 0 aliphatic carbocycles. The maximum atomic E-state index is 11.3. The Morgan fingerprint density at radius 2 is 2.05 bits per heavy atom. The van der Waals surface area contributed by atoms with Gasteiger partial charge in [0.05, 0.1) is 0 Å². The lowest BCUT2D eigenvalue weighted by atomic mass is 9.88. The van der Waals surface area contributed by atoms with E-state index in [0.717, 1.165) is 17.5 Å². The lowest BCUT2D eigenvalue weighted by Gasteiger charge is -2.21. The van der Waals surface area contributed by atoms with Crippen LogP contribution in [-0.2, 0) is 11.3 Å². The predicted octanol–water partition coefficient (Wildman–Crippen LogP) is 4.02. The van der Waals surface area contributed by atoms with Crippen molar-refractivity contribution in [2.75, 3.05) is 0 Å². The molecular formula is C16H24ClNO2. The Morgan fingerprint density at radius 1 is 1.40 bits per heavy atom. The average molecular weight is 298 g/mol. The van der Waals surface area contributed by atoms with Crippen LogP contribution in [0.1, 0.15) is 44.7 Å². The van der Waals surface area contributed by atoms with Crippen molar-refractivity contribution in [1.29, 1.82) is 0 Å². The largest absolute Gasteiger partial charge is 0.480 e. The van der Waals surface area contributed by atoms with Gasteiger partial charge in [-0.05, 0) is 42.4 Å². The molecule has 0 saturated heterocycles. The number of carbonyl (C=O) groups is 1. The molecule has 0 aliphatic rings. The van der Waals surface area contributed by atoms with E-state index in [1.165, 1.54) is 0 Å². The van der Waals surface area contributed by atoms with Gasteiger partial charge in [0.2, 0.25) is 0 Å². The molecule has 112 valence electrons. The second-order valence-electron chi connectivity index (χ2n) is 6.45. The van der Waals surface area contributed by atoms with Crippen molar-refractivity contribution in [3.8, 4) is 0 Å². The van der Waals surface area contributed by atoms with Gasteiger partial charge in [-0.2, -0.15) is 0 Å². The third-order valence-electron chi connectivity index (χ3n) is 3.27. The molecular weight excluding hydrogens is 274 g/mol. The van der Waals surface area contributed by atoms with Crippen molar-refractivity contribution in [2.45, 2.75) is 53.1 Å². The molecule has 0 saturated carbocycles. The first-order valence-corrected chi connectivity index (χ1v) is 7.28. The number of carboxylic acid groups (broad SMARTS) is 1. The van der Waals surface area contributed by atoms with Crippen LogP contribution < -0.4 is 5.32 Å². The van der Waals surface area contributed by atoms with Gasteiger partial charge in [0, 0.05) is 11.6 Å². The summed E-state index contributed by atoms with van der Waals surface area (Å²) in [6, 6.07) is 5.28. The van der Waals surface area contributed by atoms with Crippen molar-refractivity contribution in [2.24, 2.45) is 5.41 Å². The molecule has 1 aromatic rings. The number of aliphatic carboxylic acids is 1. The monoisotopic (exact) mass is 297 g/mol. The van der Waals surface area contributed by atoms with Crippen molar-refractivity contribution in [3.63, 3.8) is 0 Å². The minimum absolute atomic E-state index is 0.141. The van der Waals surface area contributed by atoms with Crippen molar-refractivity contribution < 1.29 is 9.90 Å². The van der Waals surface area contributed by atoms with Crippen LogP contribution in [0.4, 0.5) is 0 Å². The van der Waals surface area contributed by atoms with Gasteiger partial charge in [-0.25, -0.2) is 0 Å². The number of aryl methyl sites for hydroxylation is 1. The Balaban J connectivity index is 2.58. The van der Waals surface area contributed by atoms with Crippen molar-refractivity contribution in [1.82, 2.24) is 5.32 Å². The van der Waals surface area contributed by atoms with Gasteiger partial charge < -0.3 is 10.4 Å². The molecule has 0 unspecified atom stereocenters. The first-order valence-electron chi connectivity index (χ1n) is 6.90. The lowest BCUT2D eigenvalue weighted by Crippen LogP contribution is -2.37. The molecule has 1 aromatic carbocycles. The fourth-order valence-corrected chi connectivity index (χ4v) is 2.08. The van der Waals surface area contributed by atoms with Crippen molar-refractivity contribution >= 4 is 17.6 Å². The molecule has 2 N–H and O–H groups in total. The van der Waals surface area contributed by atoms with Gasteiger partial charge in [-0.15, -0.1) is 0 Å². The fourth-order valence-electron chi connectivity index (χ4n) is 1.88. The molecule has 3 nitrogen and oxygen atoms in total. The standard InChI is InChI=1S/C16H24ClNO2/c1-11-5-6-12(9-13(11)17)10-18-14(15(19)20)7-8-16(2,3)4/h5-6,9,14,18H,7-8,10H2,1-4H3,(H,19,20)/t14-/m0/s1. The Bertz CT molecular complexity index is 466. The van der Waals surface area contributed by atoms with Crippen LogP contribution in [0.5, 0.6) is 0 Å². The first kappa shape index (κ1) is 17.0. The van der Waals surface area contributed by atoms with Crippen LogP contribution in [0.15, 0.2) is 18.2 Å². The molecule has 0 bridgehead atoms. The third-order valence-corrected chi connectivity index (χ3v) is 3.68. The molecule has 0 aliphatic heterocycles. The van der Waals surface area contributed by atoms with E-state index in [1.807, 2.05) is 25.1 Å². The van der Waals surface area contributed by atoms with Crippen LogP contribution in [-0.4, -0.2) is 17.1 Å². The second-order valence-corrected chi connectivity index (χ2v) is 6.86. The van der Waals surface area contributed by atoms with E-state index in [0.29, 0.717) is 18.0 Å². The third kappa shape index (κ3) is 5.93. The summed E-state index contributed by atoms with van der Waals surface area (Å²) in [7, 11) is 0. The van der Waals surface area contributed by atoms with Gasteiger partial charge in [0.15, 0.2) is 0 Å². The van der Waals surface area contributed by atoms with E-state index >= 15 is 0 Å². The summed E-state index contributed by atoms with van der Waals surface area (Å²) in [5.74, 6) is -0.799. The highest BCUT2D eigenvalue weighted by atomic mass is 35.5. The van der Waals surface area contributed by atoms with Gasteiger partial charge in [-0.3, -0.25) is 4.79 Å². The van der Waals surface area contributed by atoms with Gasteiger partial charge in [0.25, 0.3) is 0 Å². The topological polar surface area (TPSA) is 49.3 Å². The number of benzene rings is 1. The number of hydrogen-bond acceptors (Lipinski definition) is 2. The van der Waals surface area contributed by atoms with Crippen LogP contribution in [0.3, 0.4) is 0 Å². The molecule has 0 amide bonds. The predicted molar refractivity (Wildman–Crippen MR) is 83.1 cm³/mol. The maximum absolute atomic E-state index is 11.3. The Hall–Kier alpha value is -1.06. The molecule has 4 heteroatoms. The summed E-state index contributed by atoms with van der Waals surface area (Å²) in [5.41, 5.74) is 2.17. The molecule has 0 aromatic heterocycles. The van der Waals surface area contributed by atoms with E-state index < -0.39 is 12.0 Å². The highest BCUT2D eigenvalue weighted by molar-refractivity contribution is 6.31. The minimum Gasteiger partial charge on any atom is -0.480 e. The molecule has 1 atom stereocenters. The zero-order valence-electron chi connectivity index (χ0n) is 12.7. The number of nitrogens with one attached hydrogen (secondary N) is 1. The zero-order valence-corrected chi connectivity index (χ0v) is 13.4. The zero-order chi connectivity index (χ0) is 15.3. The molecule has 0 fully saturated rings. The average Bonchev–Trinajstić information content (AvgIpc) is 2.31. The summed E-state index contributed by atoms with van der Waals surface area (Å²) in [6.07, 6.45) is 1.49. The molecule has 0 spiro atoms. The molecule has 1 rings (SSSR count). The quantitative estimate of drug-likeness (QED) is 0.834. The van der Waals surface area contributed by atoms with Crippen LogP contribution >= 0.6 is 11.6 Å². The molecule has 0 radical (unpaired) electrons. The van der Waals surface area contributed by atoms with Crippen LogP contribution in [0, 0.1) is 12.3 Å². The summed E-state index contributed by atoms with van der Waals surface area (Å²) in [6.45, 7) is 8.81. The molecule has 0 heterocycles. The number of halogens is 1. The lowest BCUT2D eigenvalue weighted by molar-refractivity contribution is -0.139. The number of rotatable bonds is 6. The highest BCUT2D eigenvalue weighted by Crippen LogP contribution is 2.22. The first-order chi connectivity index (χ1) is 9.19. The van der Waals surface area contributed by atoms with Gasteiger partial charge in [0.1, 0.15) is 6.04 Å². The summed E-state index contributed by atoms with van der Waals surface area (Å²) in [4.78, 5) is 11.3. The Kier molecular flexibility index (Phi) is 6.03. The highest BCUT2D eigenvalue weighted by Gasteiger charge is 2.20. The fraction of sp³-hybridized carbons (Fsp3) is 0.562. The normalized spacial score (nSPS) is 13.2. The van der Waals surface area contributed by atoms with Gasteiger partial charge in [-0.1, -0.05) is 44.5 Å². The number of hydrogen-bond donors (Lipinski definition) is 2. The Morgan fingerprint density at radius 3 is 2.55 bits per heavy atom. The summed E-state index contributed by atoms with van der Waals surface area (Å²) < 4.78 is 0. The van der Waals surface area contributed by atoms with Crippen molar-refractivity contribution in [3.05, 3.63) is 34.3 Å². The van der Waals surface area contributed by atoms with E-state index in [4.69, 9.17) is 11.6 Å². The maximum Gasteiger partial charge on any atom is 0.320 e. The van der Waals surface area contributed by atoms with E-state index in [2.05, 4.69) is 26.1 Å². The molecule has 20 heavy (non-hydrogen) atoms. The van der Waals surface area contributed by atoms with E-state index in [9.17, 15) is 9.90 Å². The summed E-state index contributed by atoms with van der Waals surface area (Å²) in [5, 5.41) is 13.1. The van der Waals surface area contributed by atoms with Gasteiger partial charge >= 0.3 is 5.97 Å². The van der Waals surface area contributed by atoms with Crippen LogP contribution in [0.25, 0.3) is 0 Å². The van der Waals surface area contributed by atoms with E-state index in [1.54, 1.807) is 0 Å². The second kappa shape index (κ2) is 7.09. The number of carboxylic acids is 1. The summed E-state index contributed by atoms with van der Waals surface area (Å²) >= 11 is 6.07. The Labute approximate surface area is 126 Å². The SMILES string of the molecule is Cc1ccc(CN[C@@H](CCC(C)(C)C)C(=O)O)cc1Cl.